The van der Waals surface area contributed by atoms with E-state index in [0.29, 0.717) is 11.3 Å². The average Bonchev–Trinajstić information content (AvgIpc) is 2.27. The Kier molecular flexibility index (Phi) is 3.38. The van der Waals surface area contributed by atoms with Gasteiger partial charge in [0.05, 0.1) is 11.9 Å². The molecule has 0 saturated carbocycles. The fraction of sp³-hybridized carbons (Fsp3) is 0.250. The zero-order valence-corrected chi connectivity index (χ0v) is 9.86. The fourth-order valence-electron chi connectivity index (χ4n) is 1.49. The highest BCUT2D eigenvalue weighted by molar-refractivity contribution is 6.04. The van der Waals surface area contributed by atoms with Gasteiger partial charge in [-0.05, 0) is 24.6 Å². The number of hydrogen-bond acceptors (Lipinski definition) is 4. The Morgan fingerprint density at radius 2 is 2.11 bits per heavy atom. The molecule has 2 heterocycles. The molecule has 0 spiro atoms. The third kappa shape index (κ3) is 2.54. The van der Waals surface area contributed by atoms with Crippen LogP contribution in [0.3, 0.4) is 0 Å². The van der Waals surface area contributed by atoms with Crippen molar-refractivity contribution in [3.63, 3.8) is 0 Å². The highest BCUT2D eigenvalue weighted by Crippen LogP contribution is 2.12. The number of pyridine rings is 1. The molecule has 0 radical (unpaired) electrons. The van der Waals surface area contributed by atoms with Crippen molar-refractivity contribution >= 4 is 17.6 Å². The summed E-state index contributed by atoms with van der Waals surface area (Å²) in [5.74, 6) is -1.27. The molecular formula is C12H13N3O3. The van der Waals surface area contributed by atoms with Crippen molar-refractivity contribution < 1.29 is 14.7 Å². The van der Waals surface area contributed by atoms with Crippen molar-refractivity contribution in [2.45, 2.75) is 6.92 Å². The third-order valence-corrected chi connectivity index (χ3v) is 2.79. The van der Waals surface area contributed by atoms with Gasteiger partial charge >= 0.3 is 5.97 Å². The minimum atomic E-state index is -1.09. The number of hydrogen-bond donors (Lipinski definition) is 3. The zero-order chi connectivity index (χ0) is 13.1. The van der Waals surface area contributed by atoms with Gasteiger partial charge in [-0.15, -0.1) is 0 Å². The third-order valence-electron chi connectivity index (χ3n) is 2.79. The Balaban J connectivity index is 2.05. The van der Waals surface area contributed by atoms with E-state index in [2.05, 4.69) is 15.6 Å². The number of carboxylic acids is 1. The molecule has 1 aromatic heterocycles. The van der Waals surface area contributed by atoms with Gasteiger partial charge in [0.2, 0.25) is 0 Å². The van der Waals surface area contributed by atoms with Crippen LogP contribution in [0.1, 0.15) is 17.4 Å². The zero-order valence-electron chi connectivity index (χ0n) is 9.86. The predicted octanol–water partition coefficient (Wildman–Crippen LogP) is 0.638. The molecule has 6 heteroatoms. The van der Waals surface area contributed by atoms with Gasteiger partial charge in [-0.3, -0.25) is 4.79 Å². The summed E-state index contributed by atoms with van der Waals surface area (Å²) >= 11 is 0. The van der Waals surface area contributed by atoms with Crippen molar-refractivity contribution in [3.8, 4) is 0 Å². The molecule has 3 N–H and O–H groups in total. The second kappa shape index (κ2) is 4.97. The van der Waals surface area contributed by atoms with Crippen LogP contribution in [0.4, 0.5) is 5.69 Å². The first-order valence-corrected chi connectivity index (χ1v) is 5.48. The molecule has 1 aromatic rings. The number of rotatable bonds is 3. The van der Waals surface area contributed by atoms with Gasteiger partial charge in [-0.2, -0.15) is 0 Å². The lowest BCUT2D eigenvalue weighted by Crippen LogP contribution is -2.36. The van der Waals surface area contributed by atoms with Crippen molar-refractivity contribution in [1.29, 1.82) is 0 Å². The topological polar surface area (TPSA) is 91.3 Å². The smallest absolute Gasteiger partial charge is 0.354 e. The summed E-state index contributed by atoms with van der Waals surface area (Å²) in [6, 6.07) is 2.87. The van der Waals surface area contributed by atoms with Crippen LogP contribution in [0.2, 0.25) is 0 Å². The molecule has 1 saturated heterocycles. The van der Waals surface area contributed by atoms with E-state index in [1.54, 1.807) is 6.92 Å². The maximum absolute atomic E-state index is 11.8. The largest absolute Gasteiger partial charge is 0.477 e. The lowest BCUT2D eigenvalue weighted by Gasteiger charge is -2.21. The minimum absolute atomic E-state index is 0.0498. The van der Waals surface area contributed by atoms with E-state index < -0.39 is 5.97 Å². The lowest BCUT2D eigenvalue weighted by atomic mass is 10.0. The van der Waals surface area contributed by atoms with Crippen molar-refractivity contribution in [2.75, 3.05) is 18.4 Å². The van der Waals surface area contributed by atoms with E-state index in [1.807, 2.05) is 0 Å². The summed E-state index contributed by atoms with van der Waals surface area (Å²) < 4.78 is 0. The van der Waals surface area contributed by atoms with Gasteiger partial charge < -0.3 is 15.7 Å². The Morgan fingerprint density at radius 3 is 2.56 bits per heavy atom. The van der Waals surface area contributed by atoms with E-state index in [0.717, 1.165) is 18.7 Å². The molecule has 0 unspecified atom stereocenters. The fourth-order valence-corrected chi connectivity index (χ4v) is 1.49. The summed E-state index contributed by atoms with van der Waals surface area (Å²) in [7, 11) is 0. The van der Waals surface area contributed by atoms with E-state index in [-0.39, 0.29) is 11.6 Å². The predicted molar refractivity (Wildman–Crippen MR) is 65.4 cm³/mol. The van der Waals surface area contributed by atoms with Gasteiger partial charge in [0.1, 0.15) is 5.69 Å². The molecule has 18 heavy (non-hydrogen) atoms. The molecule has 0 bridgehead atoms. The number of aromatic carboxylic acids is 1. The second-order valence-corrected chi connectivity index (χ2v) is 4.02. The lowest BCUT2D eigenvalue weighted by molar-refractivity contribution is -0.112. The molecule has 1 aliphatic heterocycles. The number of carbonyl (C=O) groups excluding carboxylic acids is 1. The Bertz CT molecular complexity index is 514. The number of amides is 1. The molecule has 0 atom stereocenters. The van der Waals surface area contributed by atoms with Crippen LogP contribution in [0.25, 0.3) is 0 Å². The van der Waals surface area contributed by atoms with Crippen LogP contribution in [0, 0.1) is 0 Å². The number of nitrogens with one attached hydrogen (secondary N) is 2. The maximum atomic E-state index is 11.8. The number of carbonyl (C=O) groups is 2. The molecule has 6 nitrogen and oxygen atoms in total. The number of anilines is 1. The highest BCUT2D eigenvalue weighted by Gasteiger charge is 2.16. The normalized spacial score (nSPS) is 13.7. The first kappa shape index (κ1) is 12.3. The van der Waals surface area contributed by atoms with Crippen LogP contribution in [-0.2, 0) is 4.79 Å². The molecule has 0 aliphatic carbocycles. The van der Waals surface area contributed by atoms with Crippen LogP contribution in [0.15, 0.2) is 29.5 Å². The molecule has 94 valence electrons. The Labute approximate surface area is 104 Å². The van der Waals surface area contributed by atoms with Gasteiger partial charge in [0.15, 0.2) is 0 Å². The molecule has 1 fully saturated rings. The molecule has 1 aliphatic rings. The summed E-state index contributed by atoms with van der Waals surface area (Å²) in [6.45, 7) is 3.26. The summed E-state index contributed by atoms with van der Waals surface area (Å²) in [5.41, 5.74) is 2.21. The Hall–Kier alpha value is -2.21. The van der Waals surface area contributed by atoms with E-state index in [4.69, 9.17) is 5.11 Å². The van der Waals surface area contributed by atoms with Crippen LogP contribution >= 0.6 is 0 Å². The number of carboxylic acid groups (broad SMARTS) is 1. The van der Waals surface area contributed by atoms with Gasteiger partial charge in [0.25, 0.3) is 5.91 Å². The van der Waals surface area contributed by atoms with Crippen LogP contribution in [0.5, 0.6) is 0 Å². The maximum Gasteiger partial charge on any atom is 0.354 e. The van der Waals surface area contributed by atoms with Gasteiger partial charge in [-0.25, -0.2) is 9.78 Å². The van der Waals surface area contributed by atoms with Crippen molar-refractivity contribution in [3.05, 3.63) is 35.2 Å². The van der Waals surface area contributed by atoms with Crippen LogP contribution < -0.4 is 10.6 Å². The SMILES string of the molecule is CC(C(=O)Nc1ccc(C(=O)O)nc1)=C1CNC1. The molecule has 2 rings (SSSR count). The molecular weight excluding hydrogens is 234 g/mol. The summed E-state index contributed by atoms with van der Waals surface area (Å²) in [5, 5.41) is 14.4. The van der Waals surface area contributed by atoms with E-state index in [1.165, 1.54) is 18.3 Å². The summed E-state index contributed by atoms with van der Waals surface area (Å²) in [6.07, 6.45) is 1.33. The summed E-state index contributed by atoms with van der Waals surface area (Å²) in [4.78, 5) is 26.2. The van der Waals surface area contributed by atoms with Crippen molar-refractivity contribution in [2.24, 2.45) is 0 Å². The first-order valence-electron chi connectivity index (χ1n) is 5.48. The number of aromatic nitrogens is 1. The average molecular weight is 247 g/mol. The van der Waals surface area contributed by atoms with Crippen molar-refractivity contribution in [1.82, 2.24) is 10.3 Å². The highest BCUT2D eigenvalue weighted by atomic mass is 16.4. The monoisotopic (exact) mass is 247 g/mol. The second-order valence-electron chi connectivity index (χ2n) is 4.02. The van der Waals surface area contributed by atoms with Gasteiger partial charge in [-0.1, -0.05) is 0 Å². The Morgan fingerprint density at radius 1 is 1.39 bits per heavy atom. The standard InChI is InChI=1S/C12H13N3O3/c1-7(8-4-13-5-8)11(16)15-9-2-3-10(12(17)18)14-6-9/h2-3,6,13H,4-5H2,1H3,(H,15,16)(H,17,18). The first-order chi connectivity index (χ1) is 8.58. The van der Waals surface area contributed by atoms with Crippen LogP contribution in [-0.4, -0.2) is 35.1 Å². The molecule has 0 aromatic carbocycles. The van der Waals surface area contributed by atoms with Gasteiger partial charge in [0, 0.05) is 18.7 Å². The minimum Gasteiger partial charge on any atom is -0.477 e. The number of nitrogens with zero attached hydrogens (tertiary/aromatic N) is 1. The molecule has 1 amide bonds. The van der Waals surface area contributed by atoms with E-state index in [9.17, 15) is 9.59 Å². The quantitative estimate of drug-likeness (QED) is 0.682. The van der Waals surface area contributed by atoms with E-state index >= 15 is 0 Å².